The van der Waals surface area contributed by atoms with Gasteiger partial charge in [0.25, 0.3) is 0 Å². The van der Waals surface area contributed by atoms with Gasteiger partial charge in [-0.2, -0.15) is 0 Å². The van der Waals surface area contributed by atoms with Crippen molar-refractivity contribution in [1.82, 2.24) is 0 Å². The molecule has 32 heavy (non-hydrogen) atoms. The second-order valence-electron chi connectivity index (χ2n) is 8.30. The molecule has 0 bridgehead atoms. The minimum Gasteiger partial charge on any atom is -0.394 e. The highest BCUT2D eigenvalue weighted by molar-refractivity contribution is 5.14. The Hall–Kier alpha value is -1.22. The van der Waals surface area contributed by atoms with Crippen LogP contribution in [0, 0.1) is 0 Å². The first kappa shape index (κ1) is 25.4. The lowest BCUT2D eigenvalue weighted by Crippen LogP contribution is -2.66. The quantitative estimate of drug-likeness (QED) is 0.197. The molecular weight excluding hydrogens is 428 g/mol. The van der Waals surface area contributed by atoms with Crippen molar-refractivity contribution in [2.24, 2.45) is 0 Å². The van der Waals surface area contributed by atoms with Crippen molar-refractivity contribution in [1.29, 1.82) is 0 Å². The van der Waals surface area contributed by atoms with Crippen LogP contribution >= 0.6 is 0 Å². The van der Waals surface area contributed by atoms with E-state index < -0.39 is 74.1 Å². The summed E-state index contributed by atoms with van der Waals surface area (Å²) in [5.41, 5.74) is 1.02. The van der Waals surface area contributed by atoms with E-state index in [1.807, 2.05) is 30.3 Å². The van der Waals surface area contributed by atoms with Crippen LogP contribution in [0.25, 0.3) is 0 Å². The number of aliphatic hydroxyl groups excluding tert-OH is 7. The lowest BCUT2D eigenvalue weighted by atomic mass is 9.89. The Bertz CT molecular complexity index is 704. The number of hydrogen-bond acceptors (Lipinski definition) is 11. The lowest BCUT2D eigenvalue weighted by molar-refractivity contribution is -0.363. The molecular formula is C21H32O11. The largest absolute Gasteiger partial charge is 0.394 e. The van der Waals surface area contributed by atoms with E-state index >= 15 is 0 Å². The van der Waals surface area contributed by atoms with Gasteiger partial charge in [0.15, 0.2) is 12.1 Å². The molecule has 0 radical (unpaired) electrons. The highest BCUT2D eigenvalue weighted by atomic mass is 16.7. The fraction of sp³-hybridized carbons (Fsp3) is 0.714. The van der Waals surface area contributed by atoms with Crippen molar-refractivity contribution in [3.8, 4) is 0 Å². The topological polar surface area (TPSA) is 190 Å². The molecule has 3 rings (SSSR count). The zero-order valence-electron chi connectivity index (χ0n) is 17.4. The molecule has 0 amide bonds. The maximum atomic E-state index is 10.8. The van der Waals surface area contributed by atoms with Crippen molar-refractivity contribution in [3.63, 3.8) is 0 Å². The third kappa shape index (κ3) is 5.46. The first-order chi connectivity index (χ1) is 15.2. The molecule has 0 unspecified atom stereocenters. The molecule has 1 aromatic carbocycles. The van der Waals surface area contributed by atoms with E-state index in [-0.39, 0.29) is 6.42 Å². The molecule has 11 heteroatoms. The highest BCUT2D eigenvalue weighted by Crippen LogP contribution is 2.33. The van der Waals surface area contributed by atoms with Crippen molar-refractivity contribution in [2.75, 3.05) is 13.2 Å². The zero-order valence-corrected chi connectivity index (χ0v) is 17.4. The van der Waals surface area contributed by atoms with E-state index in [9.17, 15) is 40.9 Å². The van der Waals surface area contributed by atoms with Crippen LogP contribution in [-0.2, 0) is 20.6 Å². The Morgan fingerprint density at radius 3 is 2.16 bits per heavy atom. The number of aryl methyl sites for hydroxylation is 1. The first-order valence-corrected chi connectivity index (χ1v) is 10.6. The standard InChI is InChI=1S/C21H32O11/c22-9-12-14(23)16(25)18(27)20(31-12)30-10-13-15(24)17(26)19(28)21(29,32-13)8-4-7-11-5-2-1-3-6-11/h1-3,5-6,12-20,22-29H,4,7-10H2/t12-,13-,14-,15-,16+,17+,18-,19-,20-,21-/m1/s1. The fourth-order valence-corrected chi connectivity index (χ4v) is 4.00. The number of hydrogen-bond donors (Lipinski definition) is 8. The van der Waals surface area contributed by atoms with Crippen molar-refractivity contribution in [3.05, 3.63) is 35.9 Å². The van der Waals surface area contributed by atoms with Gasteiger partial charge in [0, 0.05) is 6.42 Å². The van der Waals surface area contributed by atoms with Crippen molar-refractivity contribution in [2.45, 2.75) is 80.2 Å². The SMILES string of the molecule is OC[C@H]1O[C@@H](OC[C@H]2O[C@](O)(CCCc3ccccc3)[C@H](O)[C@@H](O)[C@@H]2O)[C@H](O)[C@@H](O)[C@@H]1O. The summed E-state index contributed by atoms with van der Waals surface area (Å²) in [6.45, 7) is -1.13. The van der Waals surface area contributed by atoms with Crippen LogP contribution in [0.2, 0.25) is 0 Å². The molecule has 0 aromatic heterocycles. The van der Waals surface area contributed by atoms with Crippen LogP contribution < -0.4 is 0 Å². The molecule has 2 aliphatic rings. The number of rotatable bonds is 8. The zero-order chi connectivity index (χ0) is 23.5. The molecule has 0 spiro atoms. The van der Waals surface area contributed by atoms with E-state index in [1.54, 1.807) is 0 Å². The molecule has 2 saturated heterocycles. The van der Waals surface area contributed by atoms with E-state index in [0.717, 1.165) is 5.56 Å². The Labute approximate surface area is 185 Å². The van der Waals surface area contributed by atoms with Crippen LogP contribution in [-0.4, -0.2) is 115 Å². The maximum absolute atomic E-state index is 10.8. The molecule has 2 fully saturated rings. The van der Waals surface area contributed by atoms with E-state index in [0.29, 0.717) is 12.8 Å². The Balaban J connectivity index is 1.60. The molecule has 2 heterocycles. The van der Waals surface area contributed by atoms with Crippen molar-refractivity contribution < 1.29 is 55.1 Å². The molecule has 11 nitrogen and oxygen atoms in total. The van der Waals surface area contributed by atoms with Crippen LogP contribution in [0.3, 0.4) is 0 Å². The van der Waals surface area contributed by atoms with Gasteiger partial charge in [-0.05, 0) is 18.4 Å². The first-order valence-electron chi connectivity index (χ1n) is 10.6. The smallest absolute Gasteiger partial charge is 0.195 e. The second kappa shape index (κ2) is 10.8. The van der Waals surface area contributed by atoms with Gasteiger partial charge in [0.05, 0.1) is 13.2 Å². The maximum Gasteiger partial charge on any atom is 0.195 e. The summed E-state index contributed by atoms with van der Waals surface area (Å²) >= 11 is 0. The summed E-state index contributed by atoms with van der Waals surface area (Å²) in [7, 11) is 0. The van der Waals surface area contributed by atoms with Crippen LogP contribution in [0.1, 0.15) is 18.4 Å². The molecule has 0 aliphatic carbocycles. The number of ether oxygens (including phenoxy) is 3. The van der Waals surface area contributed by atoms with E-state index in [2.05, 4.69) is 0 Å². The summed E-state index contributed by atoms with van der Waals surface area (Å²) in [6, 6.07) is 9.46. The average Bonchev–Trinajstić information content (AvgIpc) is 2.79. The summed E-state index contributed by atoms with van der Waals surface area (Å²) in [6.07, 6.45) is -13.0. The molecule has 0 saturated carbocycles. The Morgan fingerprint density at radius 2 is 1.50 bits per heavy atom. The number of aliphatic hydroxyl groups is 8. The van der Waals surface area contributed by atoms with Gasteiger partial charge in [-0.25, -0.2) is 0 Å². The van der Waals surface area contributed by atoms with Crippen molar-refractivity contribution >= 4 is 0 Å². The van der Waals surface area contributed by atoms with Gasteiger partial charge in [0.2, 0.25) is 0 Å². The molecule has 2 aliphatic heterocycles. The number of benzene rings is 1. The van der Waals surface area contributed by atoms with E-state index in [1.165, 1.54) is 0 Å². The summed E-state index contributed by atoms with van der Waals surface area (Å²) in [5.74, 6) is -2.16. The van der Waals surface area contributed by atoms with Crippen LogP contribution in [0.4, 0.5) is 0 Å². The molecule has 1 aromatic rings. The van der Waals surface area contributed by atoms with Gasteiger partial charge in [0.1, 0.15) is 48.8 Å². The lowest BCUT2D eigenvalue weighted by Gasteiger charge is -2.46. The minimum absolute atomic E-state index is 0.0383. The second-order valence-corrected chi connectivity index (χ2v) is 8.30. The summed E-state index contributed by atoms with van der Waals surface area (Å²) in [4.78, 5) is 0. The predicted octanol–water partition coefficient (Wildman–Crippen LogP) is -3.00. The predicted molar refractivity (Wildman–Crippen MR) is 107 cm³/mol. The highest BCUT2D eigenvalue weighted by Gasteiger charge is 2.53. The van der Waals surface area contributed by atoms with Gasteiger partial charge < -0.3 is 55.1 Å². The minimum atomic E-state index is -2.16. The monoisotopic (exact) mass is 460 g/mol. The molecule has 10 atom stereocenters. The summed E-state index contributed by atoms with van der Waals surface area (Å²) < 4.78 is 16.1. The van der Waals surface area contributed by atoms with Gasteiger partial charge in [-0.15, -0.1) is 0 Å². The van der Waals surface area contributed by atoms with E-state index in [4.69, 9.17) is 14.2 Å². The fourth-order valence-electron chi connectivity index (χ4n) is 4.00. The Morgan fingerprint density at radius 1 is 0.844 bits per heavy atom. The van der Waals surface area contributed by atoms with Gasteiger partial charge in [-0.1, -0.05) is 30.3 Å². The Kier molecular flexibility index (Phi) is 8.58. The third-order valence-corrected chi connectivity index (χ3v) is 5.99. The van der Waals surface area contributed by atoms with Crippen LogP contribution in [0.15, 0.2) is 30.3 Å². The van der Waals surface area contributed by atoms with Crippen LogP contribution in [0.5, 0.6) is 0 Å². The summed E-state index contributed by atoms with van der Waals surface area (Å²) in [5, 5.41) is 80.6. The van der Waals surface area contributed by atoms with Gasteiger partial charge in [-0.3, -0.25) is 0 Å². The average molecular weight is 460 g/mol. The third-order valence-electron chi connectivity index (χ3n) is 5.99. The molecule has 8 N–H and O–H groups in total. The normalized spacial score (nSPS) is 42.7. The molecule has 182 valence electrons. The van der Waals surface area contributed by atoms with Gasteiger partial charge >= 0.3 is 0 Å².